The van der Waals surface area contributed by atoms with Crippen LogP contribution in [0.1, 0.15) is 31.7 Å². The largest absolute Gasteiger partial charge is 0.349 e. The molecule has 0 aliphatic carbocycles. The number of nitrogens with one attached hydrogen (secondary N) is 1. The molecule has 0 unspecified atom stereocenters. The summed E-state index contributed by atoms with van der Waals surface area (Å²) < 4.78 is 0. The number of benzene rings is 1. The lowest BCUT2D eigenvalue weighted by Crippen LogP contribution is -2.28. The number of hydrogen-bond acceptors (Lipinski definition) is 2. The first-order valence-electron chi connectivity index (χ1n) is 6.04. The van der Waals surface area contributed by atoms with E-state index in [1.54, 1.807) is 6.92 Å². The van der Waals surface area contributed by atoms with Gasteiger partial charge in [-0.15, -0.1) is 0 Å². The van der Waals surface area contributed by atoms with Gasteiger partial charge in [-0.05, 0) is 18.4 Å². The van der Waals surface area contributed by atoms with Gasteiger partial charge >= 0.3 is 0 Å². The summed E-state index contributed by atoms with van der Waals surface area (Å²) in [4.78, 5) is 22.4. The van der Waals surface area contributed by atoms with Gasteiger partial charge in [0.15, 0.2) is 5.78 Å². The number of rotatable bonds is 7. The third-order valence-corrected chi connectivity index (χ3v) is 2.59. The Bertz CT molecular complexity index is 360. The van der Waals surface area contributed by atoms with Crippen LogP contribution in [-0.2, 0) is 16.0 Å². The van der Waals surface area contributed by atoms with Gasteiger partial charge in [0.1, 0.15) is 0 Å². The van der Waals surface area contributed by atoms with E-state index in [1.807, 2.05) is 18.2 Å². The van der Waals surface area contributed by atoms with Crippen molar-refractivity contribution in [3.8, 4) is 0 Å². The van der Waals surface area contributed by atoms with E-state index in [0.717, 1.165) is 12.8 Å². The van der Waals surface area contributed by atoms with E-state index in [9.17, 15) is 9.59 Å². The van der Waals surface area contributed by atoms with E-state index in [-0.39, 0.29) is 18.2 Å². The van der Waals surface area contributed by atoms with E-state index in [4.69, 9.17) is 0 Å². The average Bonchev–Trinajstić information content (AvgIpc) is 2.37. The van der Waals surface area contributed by atoms with Crippen molar-refractivity contribution in [1.82, 2.24) is 5.32 Å². The lowest BCUT2D eigenvalue weighted by Gasteiger charge is -2.03. The van der Waals surface area contributed by atoms with Crippen LogP contribution in [0.2, 0.25) is 0 Å². The lowest BCUT2D eigenvalue weighted by molar-refractivity contribution is -0.125. The second-order valence-electron chi connectivity index (χ2n) is 4.01. The Labute approximate surface area is 102 Å². The fourth-order valence-electron chi connectivity index (χ4n) is 1.51. The second-order valence-corrected chi connectivity index (χ2v) is 4.01. The minimum absolute atomic E-state index is 0.0391. The summed E-state index contributed by atoms with van der Waals surface area (Å²) in [6.07, 6.45) is 2.67. The van der Waals surface area contributed by atoms with E-state index in [0.29, 0.717) is 12.8 Å². The van der Waals surface area contributed by atoms with E-state index < -0.39 is 0 Å². The first-order valence-corrected chi connectivity index (χ1v) is 6.04. The smallest absolute Gasteiger partial charge is 0.220 e. The quantitative estimate of drug-likeness (QED) is 0.784. The molecule has 0 fully saturated rings. The molecule has 1 aromatic carbocycles. The topological polar surface area (TPSA) is 46.2 Å². The Balaban J connectivity index is 2.14. The highest BCUT2D eigenvalue weighted by atomic mass is 16.2. The fourth-order valence-corrected chi connectivity index (χ4v) is 1.51. The SMILES string of the molecule is CCC(=O)CNC(=O)CCCc1ccccc1. The van der Waals surface area contributed by atoms with Gasteiger partial charge in [-0.1, -0.05) is 37.3 Å². The monoisotopic (exact) mass is 233 g/mol. The molecule has 0 saturated carbocycles. The van der Waals surface area contributed by atoms with Gasteiger partial charge in [0.25, 0.3) is 0 Å². The van der Waals surface area contributed by atoms with Gasteiger partial charge in [0, 0.05) is 12.8 Å². The minimum Gasteiger partial charge on any atom is -0.349 e. The average molecular weight is 233 g/mol. The van der Waals surface area contributed by atoms with Crippen molar-refractivity contribution in [2.24, 2.45) is 0 Å². The molecule has 0 spiro atoms. The van der Waals surface area contributed by atoms with Crippen molar-refractivity contribution in [2.45, 2.75) is 32.6 Å². The molecule has 1 amide bonds. The van der Waals surface area contributed by atoms with Gasteiger partial charge < -0.3 is 5.32 Å². The van der Waals surface area contributed by atoms with Crippen LogP contribution in [-0.4, -0.2) is 18.2 Å². The number of carbonyl (C=O) groups is 2. The predicted octanol–water partition coefficient (Wildman–Crippen LogP) is 2.10. The van der Waals surface area contributed by atoms with Crippen LogP contribution in [0.15, 0.2) is 30.3 Å². The number of amides is 1. The van der Waals surface area contributed by atoms with Gasteiger partial charge in [-0.3, -0.25) is 9.59 Å². The molecule has 0 aliphatic heterocycles. The maximum atomic E-state index is 11.4. The number of aryl methyl sites for hydroxylation is 1. The second kappa shape index (κ2) is 7.60. The van der Waals surface area contributed by atoms with Crippen molar-refractivity contribution >= 4 is 11.7 Å². The first kappa shape index (κ1) is 13.4. The van der Waals surface area contributed by atoms with Crippen LogP contribution < -0.4 is 5.32 Å². The molecule has 0 heterocycles. The number of Topliss-reactive ketones (excluding diaryl/α,β-unsaturated/α-hetero) is 1. The molecule has 0 aromatic heterocycles. The molecule has 0 radical (unpaired) electrons. The summed E-state index contributed by atoms with van der Waals surface area (Å²) in [7, 11) is 0. The summed E-state index contributed by atoms with van der Waals surface area (Å²) in [5.74, 6) is 0.0316. The normalized spacial score (nSPS) is 9.94. The maximum absolute atomic E-state index is 11.4. The predicted molar refractivity (Wildman–Crippen MR) is 67.7 cm³/mol. The van der Waals surface area contributed by atoms with Crippen LogP contribution in [0.4, 0.5) is 0 Å². The van der Waals surface area contributed by atoms with Gasteiger partial charge in [-0.25, -0.2) is 0 Å². The van der Waals surface area contributed by atoms with Crippen molar-refractivity contribution in [1.29, 1.82) is 0 Å². The van der Waals surface area contributed by atoms with Crippen molar-refractivity contribution in [3.63, 3.8) is 0 Å². The third-order valence-electron chi connectivity index (χ3n) is 2.59. The van der Waals surface area contributed by atoms with Gasteiger partial charge in [0.2, 0.25) is 5.91 Å². The molecule has 1 rings (SSSR count). The van der Waals surface area contributed by atoms with Crippen molar-refractivity contribution in [2.75, 3.05) is 6.54 Å². The summed E-state index contributed by atoms with van der Waals surface area (Å²) in [6, 6.07) is 10.1. The summed E-state index contributed by atoms with van der Waals surface area (Å²) in [5, 5.41) is 2.63. The molecule has 0 aliphatic rings. The standard InChI is InChI=1S/C14H19NO2/c1-2-13(16)11-15-14(17)10-6-9-12-7-4-3-5-8-12/h3-5,7-8H,2,6,9-11H2,1H3,(H,15,17). The van der Waals surface area contributed by atoms with Crippen molar-refractivity contribution < 1.29 is 9.59 Å². The van der Waals surface area contributed by atoms with Crippen LogP contribution >= 0.6 is 0 Å². The molecular formula is C14H19NO2. The zero-order valence-electron chi connectivity index (χ0n) is 10.2. The van der Waals surface area contributed by atoms with E-state index in [1.165, 1.54) is 5.56 Å². The maximum Gasteiger partial charge on any atom is 0.220 e. The molecule has 0 atom stereocenters. The molecule has 0 saturated heterocycles. The van der Waals surface area contributed by atoms with Crippen LogP contribution in [0.25, 0.3) is 0 Å². The molecule has 3 nitrogen and oxygen atoms in total. The third kappa shape index (κ3) is 5.85. The van der Waals surface area contributed by atoms with Gasteiger partial charge in [-0.2, -0.15) is 0 Å². The molecule has 0 bridgehead atoms. The van der Waals surface area contributed by atoms with Gasteiger partial charge in [0.05, 0.1) is 6.54 Å². The van der Waals surface area contributed by atoms with Crippen LogP contribution in [0.3, 0.4) is 0 Å². The zero-order chi connectivity index (χ0) is 12.5. The summed E-state index contributed by atoms with van der Waals surface area (Å²) in [5.41, 5.74) is 1.24. The van der Waals surface area contributed by atoms with E-state index >= 15 is 0 Å². The lowest BCUT2D eigenvalue weighted by atomic mass is 10.1. The first-order chi connectivity index (χ1) is 8.22. The Kier molecular flexibility index (Phi) is 6.00. The minimum atomic E-state index is -0.0391. The highest BCUT2D eigenvalue weighted by molar-refractivity contribution is 5.85. The molecule has 3 heteroatoms. The number of carbonyl (C=O) groups excluding carboxylic acids is 2. The Hall–Kier alpha value is -1.64. The summed E-state index contributed by atoms with van der Waals surface area (Å²) in [6.45, 7) is 1.96. The fraction of sp³-hybridized carbons (Fsp3) is 0.429. The molecule has 1 aromatic rings. The Morgan fingerprint density at radius 1 is 1.18 bits per heavy atom. The molecule has 17 heavy (non-hydrogen) atoms. The highest BCUT2D eigenvalue weighted by Crippen LogP contribution is 2.04. The molecule has 92 valence electrons. The Morgan fingerprint density at radius 2 is 1.88 bits per heavy atom. The van der Waals surface area contributed by atoms with Crippen LogP contribution in [0, 0.1) is 0 Å². The molecular weight excluding hydrogens is 214 g/mol. The number of ketones is 1. The number of hydrogen-bond donors (Lipinski definition) is 1. The Morgan fingerprint density at radius 3 is 2.53 bits per heavy atom. The highest BCUT2D eigenvalue weighted by Gasteiger charge is 2.03. The molecule has 1 N–H and O–H groups in total. The van der Waals surface area contributed by atoms with Crippen molar-refractivity contribution in [3.05, 3.63) is 35.9 Å². The summed E-state index contributed by atoms with van der Waals surface area (Å²) >= 11 is 0. The zero-order valence-corrected chi connectivity index (χ0v) is 10.2. The van der Waals surface area contributed by atoms with E-state index in [2.05, 4.69) is 17.4 Å². The van der Waals surface area contributed by atoms with Crippen LogP contribution in [0.5, 0.6) is 0 Å².